The van der Waals surface area contributed by atoms with Gasteiger partial charge in [-0.2, -0.15) is 0 Å². The molecule has 2 aromatic rings. The van der Waals surface area contributed by atoms with Crippen molar-refractivity contribution in [2.24, 2.45) is 10.1 Å². The van der Waals surface area contributed by atoms with Crippen molar-refractivity contribution in [2.75, 3.05) is 19.8 Å². The summed E-state index contributed by atoms with van der Waals surface area (Å²) in [6, 6.07) is 15.0. The molecule has 0 radical (unpaired) electrons. The molecule has 0 fully saturated rings. The van der Waals surface area contributed by atoms with Crippen LogP contribution >= 0.6 is 11.8 Å². The third kappa shape index (κ3) is 5.22. The van der Waals surface area contributed by atoms with Crippen molar-refractivity contribution in [1.29, 1.82) is 5.53 Å². The summed E-state index contributed by atoms with van der Waals surface area (Å²) in [5.74, 6) is 0.967. The number of hydrogen-bond acceptors (Lipinski definition) is 4. The molecule has 0 bridgehead atoms. The van der Waals surface area contributed by atoms with E-state index in [1.54, 1.807) is 0 Å². The maximum Gasteiger partial charge on any atom is 0.0485 e. The van der Waals surface area contributed by atoms with Crippen LogP contribution in [-0.2, 0) is 0 Å². The molecule has 0 saturated heterocycles. The fourth-order valence-electron chi connectivity index (χ4n) is 1.51. The zero-order valence-electron chi connectivity index (χ0n) is 11.6. The van der Waals surface area contributed by atoms with Crippen molar-refractivity contribution in [3.8, 4) is 0 Å². The summed E-state index contributed by atoms with van der Waals surface area (Å²) < 4.78 is 0. The SMILES string of the molecule is CN=C(C)CSc1ccc2ccccc2c1.CN=N. The topological polar surface area (TPSA) is 48.6 Å². The van der Waals surface area contributed by atoms with Gasteiger partial charge in [-0.1, -0.05) is 30.3 Å². The molecular weight excluding hydrogens is 254 g/mol. The highest BCUT2D eigenvalue weighted by Gasteiger charge is 1.97. The van der Waals surface area contributed by atoms with E-state index >= 15 is 0 Å². The van der Waals surface area contributed by atoms with Gasteiger partial charge < -0.3 is 0 Å². The van der Waals surface area contributed by atoms with Crippen LogP contribution in [0.25, 0.3) is 10.8 Å². The fraction of sp³-hybridized carbons (Fsp3) is 0.267. The normalized spacial score (nSPS) is 10.8. The van der Waals surface area contributed by atoms with Gasteiger partial charge in [0.25, 0.3) is 0 Å². The predicted octanol–water partition coefficient (Wildman–Crippen LogP) is 4.67. The van der Waals surface area contributed by atoms with Crippen LogP contribution in [0, 0.1) is 5.53 Å². The molecule has 0 aromatic heterocycles. The maximum absolute atomic E-state index is 5.83. The average Bonchev–Trinajstić information content (AvgIpc) is 2.45. The van der Waals surface area contributed by atoms with Crippen LogP contribution in [0.2, 0.25) is 0 Å². The number of hydrogen-bond donors (Lipinski definition) is 1. The molecule has 0 amide bonds. The molecule has 0 aliphatic heterocycles. The summed E-state index contributed by atoms with van der Waals surface area (Å²) >= 11 is 1.84. The number of fused-ring (bicyclic) bond motifs is 1. The lowest BCUT2D eigenvalue weighted by Gasteiger charge is -2.03. The molecular formula is C15H19N3S. The third-order valence-corrected chi connectivity index (χ3v) is 3.70. The van der Waals surface area contributed by atoms with Crippen molar-refractivity contribution in [3.63, 3.8) is 0 Å². The van der Waals surface area contributed by atoms with E-state index in [4.69, 9.17) is 5.53 Å². The molecule has 0 aliphatic rings. The fourth-order valence-corrected chi connectivity index (χ4v) is 2.39. The third-order valence-electron chi connectivity index (χ3n) is 2.55. The van der Waals surface area contributed by atoms with Gasteiger partial charge in [0.1, 0.15) is 0 Å². The highest BCUT2D eigenvalue weighted by atomic mass is 32.2. The molecule has 0 atom stereocenters. The van der Waals surface area contributed by atoms with Crippen LogP contribution in [0.15, 0.2) is 57.5 Å². The highest BCUT2D eigenvalue weighted by Crippen LogP contribution is 2.23. The molecule has 0 heterocycles. The first kappa shape index (κ1) is 15.4. The largest absolute Gasteiger partial charge is 0.297 e. The monoisotopic (exact) mass is 273 g/mol. The lowest BCUT2D eigenvalue weighted by Crippen LogP contribution is -1.93. The van der Waals surface area contributed by atoms with Crippen LogP contribution in [0.4, 0.5) is 0 Å². The molecule has 1 N–H and O–H groups in total. The van der Waals surface area contributed by atoms with Gasteiger partial charge >= 0.3 is 0 Å². The number of nitrogens with zero attached hydrogens (tertiary/aromatic N) is 2. The molecule has 2 aromatic carbocycles. The summed E-state index contributed by atoms with van der Waals surface area (Å²) in [6.45, 7) is 2.06. The minimum Gasteiger partial charge on any atom is -0.297 e. The summed E-state index contributed by atoms with van der Waals surface area (Å²) in [5.41, 5.74) is 7.01. The second-order valence-electron chi connectivity index (χ2n) is 3.98. The zero-order valence-corrected chi connectivity index (χ0v) is 12.4. The Morgan fingerprint density at radius 2 is 1.74 bits per heavy atom. The Balaban J connectivity index is 0.000000550. The van der Waals surface area contributed by atoms with Gasteiger partial charge in [-0.3, -0.25) is 4.99 Å². The van der Waals surface area contributed by atoms with Crippen LogP contribution in [0.3, 0.4) is 0 Å². The van der Waals surface area contributed by atoms with Gasteiger partial charge in [-0.05, 0) is 29.8 Å². The number of rotatable bonds is 3. The summed E-state index contributed by atoms with van der Waals surface area (Å²) in [5, 5.41) is 5.35. The van der Waals surface area contributed by atoms with E-state index in [-0.39, 0.29) is 0 Å². The molecule has 3 nitrogen and oxygen atoms in total. The van der Waals surface area contributed by atoms with E-state index in [9.17, 15) is 0 Å². The van der Waals surface area contributed by atoms with E-state index in [0.29, 0.717) is 0 Å². The Kier molecular flexibility index (Phi) is 6.82. The minimum absolute atomic E-state index is 0.967. The lowest BCUT2D eigenvalue weighted by molar-refractivity contribution is 1.09. The number of aliphatic imine (C=N–C) groups is 1. The number of thioether (sulfide) groups is 1. The standard InChI is InChI=1S/C14H15NS.CH4N2/c1-11(15-2)10-16-14-8-7-12-5-3-4-6-13(12)9-14;1-3-2/h3-9H,10H2,1-2H3;2H,1H3. The first-order chi connectivity index (χ1) is 9.21. The van der Waals surface area contributed by atoms with Gasteiger partial charge in [-0.15, -0.1) is 11.8 Å². The Morgan fingerprint density at radius 1 is 1.11 bits per heavy atom. The average molecular weight is 273 g/mol. The Hall–Kier alpha value is -1.68. The molecule has 0 unspecified atom stereocenters. The van der Waals surface area contributed by atoms with Crippen molar-refractivity contribution in [1.82, 2.24) is 0 Å². The summed E-state index contributed by atoms with van der Waals surface area (Å²) in [6.07, 6.45) is 0. The summed E-state index contributed by atoms with van der Waals surface area (Å²) in [4.78, 5) is 5.47. The van der Waals surface area contributed by atoms with Gasteiger partial charge in [0.05, 0.1) is 0 Å². The van der Waals surface area contributed by atoms with Crippen molar-refractivity contribution in [2.45, 2.75) is 11.8 Å². The number of nitrogens with one attached hydrogen (secondary N) is 1. The Labute approximate surface area is 118 Å². The van der Waals surface area contributed by atoms with Gasteiger partial charge in [0, 0.05) is 30.5 Å². The molecule has 19 heavy (non-hydrogen) atoms. The summed E-state index contributed by atoms with van der Waals surface area (Å²) in [7, 11) is 3.26. The Morgan fingerprint density at radius 3 is 2.37 bits per heavy atom. The molecule has 4 heteroatoms. The molecule has 100 valence electrons. The molecule has 0 saturated carbocycles. The molecule has 2 rings (SSSR count). The lowest BCUT2D eigenvalue weighted by atomic mass is 10.1. The molecule has 0 spiro atoms. The maximum atomic E-state index is 5.83. The first-order valence-corrected chi connectivity index (χ1v) is 6.99. The quantitative estimate of drug-likeness (QED) is 0.493. The van der Waals surface area contributed by atoms with Crippen LogP contribution < -0.4 is 0 Å². The van der Waals surface area contributed by atoms with Gasteiger partial charge in [0.2, 0.25) is 0 Å². The van der Waals surface area contributed by atoms with Crippen LogP contribution in [-0.4, -0.2) is 25.6 Å². The van der Waals surface area contributed by atoms with E-state index in [2.05, 4.69) is 59.5 Å². The highest BCUT2D eigenvalue weighted by molar-refractivity contribution is 8.00. The van der Waals surface area contributed by atoms with Crippen molar-refractivity contribution < 1.29 is 0 Å². The van der Waals surface area contributed by atoms with E-state index < -0.39 is 0 Å². The zero-order chi connectivity index (χ0) is 14.1. The van der Waals surface area contributed by atoms with Crippen molar-refractivity contribution >= 4 is 28.2 Å². The second kappa shape index (κ2) is 8.43. The van der Waals surface area contributed by atoms with E-state index in [1.807, 2.05) is 18.8 Å². The first-order valence-electron chi connectivity index (χ1n) is 6.00. The Bertz CT molecular complexity index is 564. The predicted molar refractivity (Wildman–Crippen MR) is 84.8 cm³/mol. The van der Waals surface area contributed by atoms with E-state index in [0.717, 1.165) is 5.75 Å². The van der Waals surface area contributed by atoms with E-state index in [1.165, 1.54) is 28.4 Å². The second-order valence-corrected chi connectivity index (χ2v) is 5.03. The minimum atomic E-state index is 0.967. The molecule has 0 aliphatic carbocycles. The smallest absolute Gasteiger partial charge is 0.0485 e. The van der Waals surface area contributed by atoms with Crippen molar-refractivity contribution in [3.05, 3.63) is 42.5 Å². The number of benzene rings is 2. The van der Waals surface area contributed by atoms with Crippen LogP contribution in [0.1, 0.15) is 6.92 Å². The van der Waals surface area contributed by atoms with Gasteiger partial charge in [0.15, 0.2) is 0 Å². The van der Waals surface area contributed by atoms with Gasteiger partial charge in [-0.25, -0.2) is 10.6 Å². The van der Waals surface area contributed by atoms with Crippen LogP contribution in [0.5, 0.6) is 0 Å².